The summed E-state index contributed by atoms with van der Waals surface area (Å²) >= 11 is 0. The van der Waals surface area contributed by atoms with E-state index in [1.165, 1.54) is 360 Å². The molecule has 3 N–H and O–H groups in total. The summed E-state index contributed by atoms with van der Waals surface area (Å²) in [5, 5.41) is 23.3. The van der Waals surface area contributed by atoms with Crippen molar-refractivity contribution in [1.82, 2.24) is 5.32 Å². The largest absolute Gasteiger partial charge is 0.466 e. The molecule has 0 aromatic rings. The maximum Gasteiger partial charge on any atom is 0.305 e. The zero-order chi connectivity index (χ0) is 58.5. The average molecular weight is 1140 g/mol. The fourth-order valence-corrected chi connectivity index (χ4v) is 12.1. The van der Waals surface area contributed by atoms with Crippen LogP contribution >= 0.6 is 0 Å². The zero-order valence-electron chi connectivity index (χ0n) is 55.3. The van der Waals surface area contributed by atoms with Gasteiger partial charge in [-0.05, 0) is 51.4 Å². The Balaban J connectivity index is 3.29. The van der Waals surface area contributed by atoms with Crippen molar-refractivity contribution in [2.75, 3.05) is 13.2 Å². The van der Waals surface area contributed by atoms with Crippen LogP contribution in [0.4, 0.5) is 0 Å². The molecule has 0 fully saturated rings. The van der Waals surface area contributed by atoms with Gasteiger partial charge in [-0.25, -0.2) is 0 Å². The summed E-state index contributed by atoms with van der Waals surface area (Å²) < 4.78 is 5.51. The first-order chi connectivity index (χ1) is 40.0. The second-order valence-electron chi connectivity index (χ2n) is 26.0. The summed E-state index contributed by atoms with van der Waals surface area (Å²) in [5.74, 6) is -0.00756. The molecule has 0 aliphatic heterocycles. The molecule has 1 amide bonds. The van der Waals surface area contributed by atoms with Crippen LogP contribution in [0.1, 0.15) is 431 Å². The predicted molar refractivity (Wildman–Crippen MR) is 357 cm³/mol. The molecule has 6 nitrogen and oxygen atoms in total. The minimum atomic E-state index is -0.660. The van der Waals surface area contributed by atoms with Gasteiger partial charge in [0.1, 0.15) is 0 Å². The third-order valence-electron chi connectivity index (χ3n) is 17.8. The smallest absolute Gasteiger partial charge is 0.305 e. The number of amides is 1. The summed E-state index contributed by atoms with van der Waals surface area (Å²) in [6, 6.07) is -0.536. The highest BCUT2D eigenvalue weighted by Crippen LogP contribution is 2.20. The highest BCUT2D eigenvalue weighted by molar-refractivity contribution is 5.76. The van der Waals surface area contributed by atoms with E-state index in [4.69, 9.17) is 4.74 Å². The van der Waals surface area contributed by atoms with Gasteiger partial charge in [-0.3, -0.25) is 9.59 Å². The number of nitrogens with one attached hydrogen (secondary N) is 1. The average Bonchev–Trinajstić information content (AvgIpc) is 3.47. The molecule has 0 rings (SSSR count). The molecule has 0 aromatic carbocycles. The van der Waals surface area contributed by atoms with Gasteiger partial charge in [-0.1, -0.05) is 379 Å². The van der Waals surface area contributed by atoms with E-state index in [1.54, 1.807) is 0 Å². The molecule has 0 saturated carbocycles. The SMILES string of the molecule is CCCCCCCC/C=C\CCCCCCCCCC(=O)OCCCCCCCCCCCCCCCCCCCCCCCCCCCCCCCCCCCC(=O)NC(CO)C(O)CCCCCCCCCCCCCCCC. The van der Waals surface area contributed by atoms with E-state index < -0.39 is 12.1 Å². The molecule has 81 heavy (non-hydrogen) atoms. The molecule has 0 radical (unpaired) electrons. The lowest BCUT2D eigenvalue weighted by Crippen LogP contribution is -2.45. The molecule has 482 valence electrons. The monoisotopic (exact) mass is 1140 g/mol. The van der Waals surface area contributed by atoms with Crippen molar-refractivity contribution < 1.29 is 24.5 Å². The van der Waals surface area contributed by atoms with Crippen LogP contribution < -0.4 is 5.32 Å². The molecule has 2 unspecified atom stereocenters. The maximum atomic E-state index is 12.5. The van der Waals surface area contributed by atoms with Gasteiger partial charge in [-0.2, -0.15) is 0 Å². The summed E-state index contributed by atoms with van der Waals surface area (Å²) in [4.78, 5) is 24.6. The van der Waals surface area contributed by atoms with Crippen molar-refractivity contribution in [3.8, 4) is 0 Å². The molecule has 0 spiro atoms. The van der Waals surface area contributed by atoms with Crippen molar-refractivity contribution in [2.24, 2.45) is 0 Å². The third-order valence-corrected chi connectivity index (χ3v) is 17.8. The molecular formula is C75H147NO5. The highest BCUT2D eigenvalue weighted by Gasteiger charge is 2.20. The Hall–Kier alpha value is -1.40. The van der Waals surface area contributed by atoms with E-state index in [9.17, 15) is 19.8 Å². The first-order valence-corrected chi connectivity index (χ1v) is 37.4. The number of carbonyl (C=O) groups excluding carboxylic acids is 2. The molecule has 0 aliphatic rings. The molecule has 2 atom stereocenters. The van der Waals surface area contributed by atoms with Gasteiger partial charge in [0.05, 0.1) is 25.4 Å². The first kappa shape index (κ1) is 79.6. The Morgan fingerprint density at radius 3 is 0.877 bits per heavy atom. The number of esters is 1. The normalized spacial score (nSPS) is 12.5. The molecule has 0 saturated heterocycles. The number of rotatable bonds is 71. The highest BCUT2D eigenvalue weighted by atomic mass is 16.5. The van der Waals surface area contributed by atoms with Gasteiger partial charge < -0.3 is 20.3 Å². The molecule has 0 aromatic heterocycles. The Morgan fingerprint density at radius 1 is 0.333 bits per heavy atom. The van der Waals surface area contributed by atoms with E-state index >= 15 is 0 Å². The van der Waals surface area contributed by atoms with Gasteiger partial charge in [0.15, 0.2) is 0 Å². The lowest BCUT2D eigenvalue weighted by atomic mass is 10.0. The van der Waals surface area contributed by atoms with Crippen molar-refractivity contribution in [3.63, 3.8) is 0 Å². The van der Waals surface area contributed by atoms with Gasteiger partial charge in [0.25, 0.3) is 0 Å². The van der Waals surface area contributed by atoms with Crippen molar-refractivity contribution in [1.29, 1.82) is 0 Å². The first-order valence-electron chi connectivity index (χ1n) is 37.4. The van der Waals surface area contributed by atoms with E-state index in [-0.39, 0.29) is 18.5 Å². The number of allylic oxidation sites excluding steroid dienone is 2. The van der Waals surface area contributed by atoms with E-state index in [0.717, 1.165) is 38.5 Å². The number of unbranched alkanes of at least 4 members (excludes halogenated alkanes) is 58. The van der Waals surface area contributed by atoms with Crippen LogP contribution in [0.5, 0.6) is 0 Å². The van der Waals surface area contributed by atoms with Crippen LogP contribution in [0.2, 0.25) is 0 Å². The number of aliphatic hydroxyl groups excluding tert-OH is 2. The number of ether oxygens (including phenoxy) is 1. The second-order valence-corrected chi connectivity index (χ2v) is 26.0. The Kier molecular flexibility index (Phi) is 69.9. The quantitative estimate of drug-likeness (QED) is 0.0320. The zero-order valence-corrected chi connectivity index (χ0v) is 55.3. The minimum Gasteiger partial charge on any atom is -0.466 e. The Bertz CT molecular complexity index is 1220. The third kappa shape index (κ3) is 67.6. The fraction of sp³-hybridized carbons (Fsp3) is 0.947. The lowest BCUT2D eigenvalue weighted by molar-refractivity contribution is -0.143. The maximum absolute atomic E-state index is 12.5. The van der Waals surface area contributed by atoms with Gasteiger partial charge in [0, 0.05) is 12.8 Å². The van der Waals surface area contributed by atoms with Crippen LogP contribution in [0.25, 0.3) is 0 Å². The van der Waals surface area contributed by atoms with E-state index in [1.807, 2.05) is 0 Å². The number of aliphatic hydroxyl groups is 2. The van der Waals surface area contributed by atoms with Crippen molar-refractivity contribution in [2.45, 2.75) is 443 Å². The summed E-state index contributed by atoms with van der Waals surface area (Å²) in [6.07, 6.45) is 88.6. The van der Waals surface area contributed by atoms with Gasteiger partial charge >= 0.3 is 5.97 Å². The summed E-state index contributed by atoms with van der Waals surface area (Å²) in [5.41, 5.74) is 0. The molecule has 6 heteroatoms. The molecule has 0 heterocycles. The van der Waals surface area contributed by atoms with Crippen LogP contribution in [-0.4, -0.2) is 47.4 Å². The predicted octanol–water partition coefficient (Wildman–Crippen LogP) is 24.3. The Labute approximate surface area is 508 Å². The minimum absolute atomic E-state index is 0.0194. The van der Waals surface area contributed by atoms with Crippen molar-refractivity contribution in [3.05, 3.63) is 12.2 Å². The van der Waals surface area contributed by atoms with E-state index in [2.05, 4.69) is 31.3 Å². The van der Waals surface area contributed by atoms with Gasteiger partial charge in [-0.15, -0.1) is 0 Å². The number of hydrogen-bond donors (Lipinski definition) is 3. The van der Waals surface area contributed by atoms with E-state index in [0.29, 0.717) is 25.9 Å². The molecular weight excluding hydrogens is 995 g/mol. The summed E-state index contributed by atoms with van der Waals surface area (Å²) in [6.45, 7) is 4.99. The number of carbonyl (C=O) groups is 2. The molecule has 0 aliphatic carbocycles. The topological polar surface area (TPSA) is 95.9 Å². The van der Waals surface area contributed by atoms with Crippen LogP contribution in [-0.2, 0) is 14.3 Å². The van der Waals surface area contributed by atoms with Crippen LogP contribution in [0.15, 0.2) is 12.2 Å². The molecule has 0 bridgehead atoms. The second kappa shape index (κ2) is 71.1. The standard InChI is InChI=1S/C75H147NO5/c1-3-5-7-9-11-13-15-17-19-37-41-45-49-53-57-61-65-69-75(80)81-70-66-62-58-54-50-46-42-39-36-34-32-30-28-26-24-22-20-21-23-25-27-29-31-33-35-38-40-44-48-52-56-60-64-68-74(79)76-72(71-77)73(78)67-63-59-55-51-47-43-18-16-14-12-10-8-6-4-2/h17,19,72-73,77-78H,3-16,18,20-71H2,1-2H3,(H,76,79)/b19-17-. The fourth-order valence-electron chi connectivity index (χ4n) is 12.1. The van der Waals surface area contributed by atoms with Gasteiger partial charge in [0.2, 0.25) is 5.91 Å². The van der Waals surface area contributed by atoms with Crippen LogP contribution in [0.3, 0.4) is 0 Å². The lowest BCUT2D eigenvalue weighted by Gasteiger charge is -2.22. The van der Waals surface area contributed by atoms with Crippen molar-refractivity contribution >= 4 is 11.9 Å². The number of hydrogen-bond acceptors (Lipinski definition) is 5. The summed E-state index contributed by atoms with van der Waals surface area (Å²) in [7, 11) is 0. The Morgan fingerprint density at radius 2 is 0.580 bits per heavy atom. The van der Waals surface area contributed by atoms with Crippen LogP contribution in [0, 0.1) is 0 Å².